The lowest BCUT2D eigenvalue weighted by Gasteiger charge is -2.18. The van der Waals surface area contributed by atoms with Crippen LogP contribution in [0.1, 0.15) is 24.1 Å². The first-order chi connectivity index (χ1) is 10.3. The molecule has 2 N–H and O–H groups in total. The minimum atomic E-state index is -4.40. The van der Waals surface area contributed by atoms with Gasteiger partial charge in [0.25, 0.3) is 0 Å². The highest BCUT2D eigenvalue weighted by Crippen LogP contribution is 2.30. The molecule has 0 aliphatic carbocycles. The second kappa shape index (κ2) is 6.35. The van der Waals surface area contributed by atoms with Gasteiger partial charge in [0.2, 0.25) is 5.91 Å². The Morgan fingerprint density at radius 3 is 2.77 bits per heavy atom. The summed E-state index contributed by atoms with van der Waals surface area (Å²) in [7, 11) is 0. The molecule has 1 atom stereocenters. The number of benzene rings is 1. The van der Waals surface area contributed by atoms with Gasteiger partial charge in [-0.2, -0.15) is 13.2 Å². The Morgan fingerprint density at radius 2 is 2.18 bits per heavy atom. The number of alkyl halides is 3. The third-order valence-corrected chi connectivity index (χ3v) is 3.43. The standard InChI is InChI=1S/C14H16F3N3O2/c1-9(10-3-2-4-11(7-10)14(15,16)17)19-8-12(21)20-6-5-18-13(20)22/h2-4,7,9,19H,5-6,8H2,1H3,(H,18,22). The van der Waals surface area contributed by atoms with Crippen LogP contribution in [0, 0.1) is 0 Å². The summed E-state index contributed by atoms with van der Waals surface area (Å²) in [6.07, 6.45) is -4.40. The maximum Gasteiger partial charge on any atom is 0.416 e. The molecule has 1 unspecified atom stereocenters. The Labute approximate surface area is 125 Å². The van der Waals surface area contributed by atoms with Crippen molar-refractivity contribution < 1.29 is 22.8 Å². The van der Waals surface area contributed by atoms with Crippen LogP contribution < -0.4 is 10.6 Å². The number of halogens is 3. The lowest BCUT2D eigenvalue weighted by Crippen LogP contribution is -2.40. The molecule has 1 aliphatic heterocycles. The lowest BCUT2D eigenvalue weighted by atomic mass is 10.0. The van der Waals surface area contributed by atoms with Gasteiger partial charge in [0, 0.05) is 19.1 Å². The third-order valence-electron chi connectivity index (χ3n) is 3.43. The zero-order valence-electron chi connectivity index (χ0n) is 11.9. The van der Waals surface area contributed by atoms with Crippen LogP contribution in [0.4, 0.5) is 18.0 Å². The first-order valence-electron chi connectivity index (χ1n) is 6.78. The summed E-state index contributed by atoms with van der Waals surface area (Å²) >= 11 is 0. The number of imide groups is 1. The van der Waals surface area contributed by atoms with E-state index in [0.717, 1.165) is 17.0 Å². The SMILES string of the molecule is CC(NCC(=O)N1CCNC1=O)c1cccc(C(F)(F)F)c1. The van der Waals surface area contributed by atoms with Crippen LogP contribution in [0.5, 0.6) is 0 Å². The molecule has 3 amide bonds. The van der Waals surface area contributed by atoms with Gasteiger partial charge in [0.15, 0.2) is 0 Å². The average molecular weight is 315 g/mol. The van der Waals surface area contributed by atoms with E-state index < -0.39 is 29.7 Å². The van der Waals surface area contributed by atoms with Crippen LogP contribution in [-0.2, 0) is 11.0 Å². The summed E-state index contributed by atoms with van der Waals surface area (Å²) in [5.74, 6) is -0.408. The second-order valence-electron chi connectivity index (χ2n) is 5.00. The van der Waals surface area contributed by atoms with Crippen molar-refractivity contribution in [3.8, 4) is 0 Å². The highest BCUT2D eigenvalue weighted by atomic mass is 19.4. The minimum absolute atomic E-state index is 0.120. The Bertz CT molecular complexity index is 575. The Hall–Kier alpha value is -2.09. The molecule has 0 radical (unpaired) electrons. The largest absolute Gasteiger partial charge is 0.416 e. The third kappa shape index (κ3) is 3.76. The second-order valence-corrected chi connectivity index (χ2v) is 5.00. The van der Waals surface area contributed by atoms with Crippen molar-refractivity contribution in [2.45, 2.75) is 19.1 Å². The van der Waals surface area contributed by atoms with Crippen molar-refractivity contribution in [3.05, 3.63) is 35.4 Å². The zero-order chi connectivity index (χ0) is 16.3. The predicted molar refractivity (Wildman–Crippen MR) is 73.0 cm³/mol. The average Bonchev–Trinajstić information content (AvgIpc) is 2.90. The highest BCUT2D eigenvalue weighted by molar-refractivity contribution is 5.96. The molecule has 8 heteroatoms. The maximum atomic E-state index is 12.7. The fraction of sp³-hybridized carbons (Fsp3) is 0.429. The summed E-state index contributed by atoms with van der Waals surface area (Å²) in [6, 6.07) is 4.03. The van der Waals surface area contributed by atoms with Crippen molar-refractivity contribution in [1.82, 2.24) is 15.5 Å². The summed E-state index contributed by atoms with van der Waals surface area (Å²) in [5.41, 5.74) is -0.308. The number of urea groups is 1. The molecule has 1 aliphatic rings. The van der Waals surface area contributed by atoms with E-state index in [1.165, 1.54) is 6.07 Å². The zero-order valence-corrected chi connectivity index (χ0v) is 11.9. The van der Waals surface area contributed by atoms with Gasteiger partial charge < -0.3 is 10.6 Å². The van der Waals surface area contributed by atoms with Crippen molar-refractivity contribution in [2.24, 2.45) is 0 Å². The van der Waals surface area contributed by atoms with Gasteiger partial charge in [0.1, 0.15) is 0 Å². The maximum absolute atomic E-state index is 12.7. The van der Waals surface area contributed by atoms with Gasteiger partial charge in [-0.15, -0.1) is 0 Å². The molecule has 1 aromatic rings. The number of nitrogens with zero attached hydrogens (tertiary/aromatic N) is 1. The number of nitrogens with one attached hydrogen (secondary N) is 2. The summed E-state index contributed by atoms with van der Waals surface area (Å²) in [5, 5.41) is 5.34. The van der Waals surface area contributed by atoms with E-state index in [2.05, 4.69) is 10.6 Å². The molecule has 0 saturated carbocycles. The van der Waals surface area contributed by atoms with Crippen molar-refractivity contribution in [3.63, 3.8) is 0 Å². The monoisotopic (exact) mass is 315 g/mol. The molecule has 120 valence electrons. The summed E-state index contributed by atoms with van der Waals surface area (Å²) in [4.78, 5) is 24.2. The molecule has 1 heterocycles. The fourth-order valence-electron chi connectivity index (χ4n) is 2.15. The van der Waals surface area contributed by atoms with E-state index in [0.29, 0.717) is 18.7 Å². The number of rotatable bonds is 4. The van der Waals surface area contributed by atoms with E-state index in [4.69, 9.17) is 0 Å². The quantitative estimate of drug-likeness (QED) is 0.892. The van der Waals surface area contributed by atoms with Crippen LogP contribution in [0.3, 0.4) is 0 Å². The number of hydrogen-bond donors (Lipinski definition) is 2. The van der Waals surface area contributed by atoms with Gasteiger partial charge >= 0.3 is 12.2 Å². The molecular weight excluding hydrogens is 299 g/mol. The van der Waals surface area contributed by atoms with E-state index in [-0.39, 0.29) is 6.54 Å². The van der Waals surface area contributed by atoms with Crippen LogP contribution in [0.2, 0.25) is 0 Å². The molecule has 5 nitrogen and oxygen atoms in total. The molecule has 0 bridgehead atoms. The van der Waals surface area contributed by atoms with E-state index in [9.17, 15) is 22.8 Å². The van der Waals surface area contributed by atoms with Gasteiger partial charge in [-0.1, -0.05) is 12.1 Å². The predicted octanol–water partition coefficient (Wildman–Crippen LogP) is 1.91. The van der Waals surface area contributed by atoms with Crippen LogP contribution >= 0.6 is 0 Å². The Balaban J connectivity index is 1.96. The molecule has 0 aromatic heterocycles. The van der Waals surface area contributed by atoms with Crippen LogP contribution in [-0.4, -0.2) is 36.5 Å². The molecule has 1 aromatic carbocycles. The molecular formula is C14H16F3N3O2. The first kappa shape index (κ1) is 16.3. The van der Waals surface area contributed by atoms with Crippen molar-refractivity contribution >= 4 is 11.9 Å². The molecule has 2 rings (SSSR count). The van der Waals surface area contributed by atoms with E-state index >= 15 is 0 Å². The van der Waals surface area contributed by atoms with Crippen molar-refractivity contribution in [2.75, 3.05) is 19.6 Å². The molecule has 1 saturated heterocycles. The Morgan fingerprint density at radius 1 is 1.45 bits per heavy atom. The smallest absolute Gasteiger partial charge is 0.336 e. The lowest BCUT2D eigenvalue weighted by molar-refractivity contribution is -0.137. The van der Waals surface area contributed by atoms with E-state index in [1.54, 1.807) is 13.0 Å². The fourth-order valence-corrected chi connectivity index (χ4v) is 2.15. The van der Waals surface area contributed by atoms with Gasteiger partial charge in [0.05, 0.1) is 12.1 Å². The van der Waals surface area contributed by atoms with Gasteiger partial charge in [-0.25, -0.2) is 4.79 Å². The van der Waals surface area contributed by atoms with E-state index in [1.807, 2.05) is 0 Å². The molecule has 22 heavy (non-hydrogen) atoms. The van der Waals surface area contributed by atoms with Gasteiger partial charge in [-0.3, -0.25) is 9.69 Å². The number of hydrogen-bond acceptors (Lipinski definition) is 3. The highest BCUT2D eigenvalue weighted by Gasteiger charge is 2.31. The molecule has 1 fully saturated rings. The number of carbonyl (C=O) groups is 2. The normalized spacial score (nSPS) is 16.5. The van der Waals surface area contributed by atoms with Gasteiger partial charge in [-0.05, 0) is 24.6 Å². The van der Waals surface area contributed by atoms with Crippen molar-refractivity contribution in [1.29, 1.82) is 0 Å². The molecule has 0 spiro atoms. The number of carbonyl (C=O) groups excluding carboxylic acids is 2. The minimum Gasteiger partial charge on any atom is -0.336 e. The first-order valence-corrected chi connectivity index (χ1v) is 6.78. The summed E-state index contributed by atoms with van der Waals surface area (Å²) < 4.78 is 38.0. The summed E-state index contributed by atoms with van der Waals surface area (Å²) in [6.45, 7) is 2.25. The van der Waals surface area contributed by atoms with Crippen LogP contribution in [0.25, 0.3) is 0 Å². The topological polar surface area (TPSA) is 61.4 Å². The Kier molecular flexibility index (Phi) is 4.70. The number of amides is 3. The van der Waals surface area contributed by atoms with Crippen LogP contribution in [0.15, 0.2) is 24.3 Å².